The second kappa shape index (κ2) is 5.92. The zero-order valence-corrected chi connectivity index (χ0v) is 8.74. The number of aryl methyl sites for hydroxylation is 1. The molecule has 1 heterocycles. The summed E-state index contributed by atoms with van der Waals surface area (Å²) in [5.41, 5.74) is 5.13. The van der Waals surface area contributed by atoms with Crippen molar-refractivity contribution in [3.8, 4) is 0 Å². The van der Waals surface area contributed by atoms with E-state index in [2.05, 4.69) is 4.98 Å². The molecule has 0 fully saturated rings. The Morgan fingerprint density at radius 1 is 1.27 bits per heavy atom. The molecule has 0 saturated carbocycles. The maximum absolute atomic E-state index is 12.2. The van der Waals surface area contributed by atoms with Gasteiger partial charge >= 0.3 is 6.18 Å². The Labute approximate surface area is 92.1 Å². The van der Waals surface area contributed by atoms with Crippen molar-refractivity contribution in [3.63, 3.8) is 0 Å². The number of pyridine rings is 1. The zero-order chi connectivity index (χ0) is 10.6. The Morgan fingerprint density at radius 2 is 1.93 bits per heavy atom. The molecular weight excluding hydrogens is 229 g/mol. The van der Waals surface area contributed by atoms with Crippen LogP contribution in [-0.2, 0) is 12.6 Å². The predicted molar refractivity (Wildman–Crippen MR) is 53.9 cm³/mol. The molecule has 1 rings (SSSR count). The summed E-state index contributed by atoms with van der Waals surface area (Å²) >= 11 is 0. The van der Waals surface area contributed by atoms with E-state index in [1.165, 1.54) is 6.20 Å². The summed E-state index contributed by atoms with van der Waals surface area (Å²) in [5.74, 6) is 0. The highest BCUT2D eigenvalue weighted by Crippen LogP contribution is 2.28. The molecule has 0 aromatic carbocycles. The van der Waals surface area contributed by atoms with Crippen molar-refractivity contribution in [2.75, 3.05) is 6.54 Å². The number of hydrogen-bond donors (Lipinski definition) is 1. The van der Waals surface area contributed by atoms with Crippen LogP contribution in [0.5, 0.6) is 0 Å². The van der Waals surface area contributed by atoms with Crippen molar-refractivity contribution in [2.45, 2.75) is 19.0 Å². The van der Waals surface area contributed by atoms with Crippen LogP contribution in [0.1, 0.15) is 17.5 Å². The molecule has 6 heteroatoms. The highest BCUT2D eigenvalue weighted by molar-refractivity contribution is 5.85. The molecule has 2 N–H and O–H groups in total. The molecule has 15 heavy (non-hydrogen) atoms. The van der Waals surface area contributed by atoms with E-state index in [0.717, 1.165) is 12.3 Å². The fraction of sp³-hybridized carbons (Fsp3) is 0.444. The van der Waals surface area contributed by atoms with Crippen LogP contribution < -0.4 is 5.73 Å². The number of nitrogens with two attached hydrogens (primary N) is 1. The van der Waals surface area contributed by atoms with Crippen LogP contribution in [-0.4, -0.2) is 11.5 Å². The molecule has 0 unspecified atom stereocenters. The maximum atomic E-state index is 12.2. The van der Waals surface area contributed by atoms with Crippen molar-refractivity contribution in [2.24, 2.45) is 5.73 Å². The lowest BCUT2D eigenvalue weighted by molar-refractivity contribution is -0.137. The van der Waals surface area contributed by atoms with Gasteiger partial charge in [0.1, 0.15) is 0 Å². The summed E-state index contributed by atoms with van der Waals surface area (Å²) in [6, 6.07) is 1.11. The lowest BCUT2D eigenvalue weighted by atomic mass is 10.1. The lowest BCUT2D eigenvalue weighted by Gasteiger charge is -2.07. The number of alkyl halides is 3. The topological polar surface area (TPSA) is 38.9 Å². The van der Waals surface area contributed by atoms with Gasteiger partial charge < -0.3 is 5.73 Å². The maximum Gasteiger partial charge on any atom is 0.417 e. The van der Waals surface area contributed by atoms with Crippen LogP contribution in [0.25, 0.3) is 0 Å². The monoisotopic (exact) mass is 240 g/mol. The molecule has 2 nitrogen and oxygen atoms in total. The van der Waals surface area contributed by atoms with Crippen LogP contribution >= 0.6 is 12.4 Å². The van der Waals surface area contributed by atoms with Gasteiger partial charge in [-0.25, -0.2) is 0 Å². The normalized spacial score (nSPS) is 10.9. The minimum atomic E-state index is -4.31. The van der Waals surface area contributed by atoms with Gasteiger partial charge in [0.05, 0.1) is 5.56 Å². The van der Waals surface area contributed by atoms with E-state index in [1.54, 1.807) is 0 Å². The van der Waals surface area contributed by atoms with Gasteiger partial charge in [0.25, 0.3) is 0 Å². The molecule has 0 aliphatic rings. The van der Waals surface area contributed by atoms with Crippen LogP contribution in [0, 0.1) is 0 Å². The van der Waals surface area contributed by atoms with Crippen LogP contribution in [0.15, 0.2) is 18.5 Å². The molecule has 0 saturated heterocycles. The van der Waals surface area contributed by atoms with Gasteiger partial charge in [-0.1, -0.05) is 0 Å². The van der Waals surface area contributed by atoms with E-state index in [1.807, 2.05) is 0 Å². The summed E-state index contributed by atoms with van der Waals surface area (Å²) in [6.45, 7) is 0.468. The van der Waals surface area contributed by atoms with Crippen LogP contribution in [0.4, 0.5) is 13.2 Å². The fourth-order valence-electron chi connectivity index (χ4n) is 1.09. The quantitative estimate of drug-likeness (QED) is 0.881. The average Bonchev–Trinajstić information content (AvgIpc) is 2.14. The molecule has 0 spiro atoms. The van der Waals surface area contributed by atoms with Crippen molar-refractivity contribution >= 4 is 12.4 Å². The molecule has 0 bridgehead atoms. The van der Waals surface area contributed by atoms with Gasteiger partial charge in [0.15, 0.2) is 0 Å². The summed E-state index contributed by atoms with van der Waals surface area (Å²) < 4.78 is 36.7. The van der Waals surface area contributed by atoms with E-state index in [9.17, 15) is 13.2 Å². The molecule has 1 aromatic rings. The molecular formula is C9H12ClF3N2. The SMILES string of the molecule is Cl.NCCCc1cncc(C(F)(F)F)c1. The van der Waals surface area contributed by atoms with Gasteiger partial charge in [-0.15, -0.1) is 12.4 Å². The third-order valence-electron chi connectivity index (χ3n) is 1.79. The van der Waals surface area contributed by atoms with Crippen LogP contribution in [0.2, 0.25) is 0 Å². The first-order valence-corrected chi connectivity index (χ1v) is 4.25. The molecule has 86 valence electrons. The molecule has 0 amide bonds. The van der Waals surface area contributed by atoms with Crippen molar-refractivity contribution in [1.29, 1.82) is 0 Å². The van der Waals surface area contributed by atoms with Crippen molar-refractivity contribution in [3.05, 3.63) is 29.6 Å². The molecule has 0 radical (unpaired) electrons. The lowest BCUT2D eigenvalue weighted by Crippen LogP contribution is -2.07. The molecule has 0 aliphatic heterocycles. The fourth-order valence-corrected chi connectivity index (χ4v) is 1.09. The minimum absolute atomic E-state index is 0. The smallest absolute Gasteiger partial charge is 0.330 e. The Morgan fingerprint density at radius 3 is 2.47 bits per heavy atom. The number of halogens is 4. The van der Waals surface area contributed by atoms with E-state index >= 15 is 0 Å². The summed E-state index contributed by atoms with van der Waals surface area (Å²) in [7, 11) is 0. The first-order valence-electron chi connectivity index (χ1n) is 4.25. The van der Waals surface area contributed by atoms with Gasteiger partial charge in [-0.2, -0.15) is 13.2 Å². The van der Waals surface area contributed by atoms with E-state index in [0.29, 0.717) is 24.9 Å². The van der Waals surface area contributed by atoms with Gasteiger partial charge in [0.2, 0.25) is 0 Å². The number of rotatable bonds is 3. The number of hydrogen-bond acceptors (Lipinski definition) is 2. The number of nitrogens with zero attached hydrogens (tertiary/aromatic N) is 1. The third kappa shape index (κ3) is 4.48. The Balaban J connectivity index is 0.00000196. The van der Waals surface area contributed by atoms with E-state index < -0.39 is 11.7 Å². The summed E-state index contributed by atoms with van der Waals surface area (Å²) in [4.78, 5) is 3.54. The van der Waals surface area contributed by atoms with Gasteiger partial charge in [-0.05, 0) is 31.0 Å². The molecule has 1 aromatic heterocycles. The first-order chi connectivity index (χ1) is 6.54. The number of aromatic nitrogens is 1. The van der Waals surface area contributed by atoms with Gasteiger partial charge in [-0.3, -0.25) is 4.98 Å². The zero-order valence-electron chi connectivity index (χ0n) is 7.92. The van der Waals surface area contributed by atoms with Crippen molar-refractivity contribution < 1.29 is 13.2 Å². The van der Waals surface area contributed by atoms with Crippen molar-refractivity contribution in [1.82, 2.24) is 4.98 Å². The Kier molecular flexibility index (Phi) is 5.60. The van der Waals surface area contributed by atoms with E-state index in [-0.39, 0.29) is 12.4 Å². The Hall–Kier alpha value is -0.810. The van der Waals surface area contributed by atoms with Gasteiger partial charge in [0, 0.05) is 12.4 Å². The summed E-state index contributed by atoms with van der Waals surface area (Å²) in [6.07, 6.45) is -0.848. The first kappa shape index (κ1) is 14.2. The van der Waals surface area contributed by atoms with E-state index in [4.69, 9.17) is 5.73 Å². The predicted octanol–water partition coefficient (Wildman–Crippen LogP) is 2.41. The second-order valence-corrected chi connectivity index (χ2v) is 2.97. The minimum Gasteiger partial charge on any atom is -0.330 e. The average molecular weight is 241 g/mol. The standard InChI is InChI=1S/C9H11F3N2.ClH/c10-9(11,12)8-4-7(2-1-3-13)5-14-6-8;/h4-6H,1-3,13H2;1H. The third-order valence-corrected chi connectivity index (χ3v) is 1.79. The molecule has 0 aliphatic carbocycles. The second-order valence-electron chi connectivity index (χ2n) is 2.97. The summed E-state index contributed by atoms with van der Waals surface area (Å²) in [5, 5.41) is 0. The highest BCUT2D eigenvalue weighted by atomic mass is 35.5. The largest absolute Gasteiger partial charge is 0.417 e. The highest BCUT2D eigenvalue weighted by Gasteiger charge is 2.30. The van der Waals surface area contributed by atoms with Crippen LogP contribution in [0.3, 0.4) is 0 Å². The Bertz CT molecular complexity index is 302. The molecule has 0 atom stereocenters.